The summed E-state index contributed by atoms with van der Waals surface area (Å²) in [5.74, 6) is 0.266. The molecule has 0 radical (unpaired) electrons. The maximum absolute atomic E-state index is 12.8. The summed E-state index contributed by atoms with van der Waals surface area (Å²) in [4.78, 5) is 0.0423. The highest BCUT2D eigenvalue weighted by Gasteiger charge is 2.24. The Morgan fingerprint density at radius 1 is 1.17 bits per heavy atom. The Labute approximate surface area is 148 Å². The molecule has 0 bridgehead atoms. The fourth-order valence-corrected chi connectivity index (χ4v) is 4.42. The number of hydrogen-bond donors (Lipinski definition) is 1. The molecule has 4 nitrogen and oxygen atoms in total. The van der Waals surface area contributed by atoms with Crippen molar-refractivity contribution in [1.29, 1.82) is 0 Å². The van der Waals surface area contributed by atoms with E-state index in [-0.39, 0.29) is 16.7 Å². The van der Waals surface area contributed by atoms with Gasteiger partial charge in [0.25, 0.3) is 0 Å². The van der Waals surface area contributed by atoms with E-state index in [1.165, 1.54) is 13.2 Å². The lowest BCUT2D eigenvalue weighted by Crippen LogP contribution is -2.29. The average molecular weight is 368 g/mol. The molecule has 130 valence electrons. The van der Waals surface area contributed by atoms with Crippen molar-refractivity contribution in [2.75, 3.05) is 7.11 Å². The van der Waals surface area contributed by atoms with Crippen molar-refractivity contribution < 1.29 is 13.2 Å². The molecule has 2 aromatic rings. The number of rotatable bonds is 6. The predicted molar refractivity (Wildman–Crippen MR) is 97.3 cm³/mol. The number of sulfonamides is 1. The largest absolute Gasteiger partial charge is 0.495 e. The Bertz CT molecular complexity index is 834. The second-order valence-corrected chi connectivity index (χ2v) is 7.86. The van der Waals surface area contributed by atoms with Gasteiger partial charge in [0.05, 0.1) is 7.11 Å². The van der Waals surface area contributed by atoms with Crippen LogP contribution in [0.15, 0.2) is 41.3 Å². The average Bonchev–Trinajstić information content (AvgIpc) is 2.53. The number of benzene rings is 2. The van der Waals surface area contributed by atoms with Gasteiger partial charge in [-0.3, -0.25) is 0 Å². The summed E-state index contributed by atoms with van der Waals surface area (Å²) in [5.41, 5.74) is 3.17. The van der Waals surface area contributed by atoms with Gasteiger partial charge in [-0.2, -0.15) is 0 Å². The van der Waals surface area contributed by atoms with Gasteiger partial charge in [0.15, 0.2) is 0 Å². The molecule has 0 spiro atoms. The first-order valence-electron chi connectivity index (χ1n) is 7.71. The lowest BCUT2D eigenvalue weighted by molar-refractivity contribution is 0.402. The summed E-state index contributed by atoms with van der Waals surface area (Å²) >= 11 is 5.96. The van der Waals surface area contributed by atoms with E-state index in [0.29, 0.717) is 11.4 Å². The number of nitrogens with one attached hydrogen (secondary N) is 1. The second kappa shape index (κ2) is 7.55. The van der Waals surface area contributed by atoms with Crippen LogP contribution in [0.25, 0.3) is 0 Å². The first-order chi connectivity index (χ1) is 11.3. The molecule has 0 unspecified atom stereocenters. The van der Waals surface area contributed by atoms with Crippen molar-refractivity contribution in [3.8, 4) is 5.75 Å². The van der Waals surface area contributed by atoms with Gasteiger partial charge >= 0.3 is 0 Å². The standard InChI is InChI=1S/C18H22ClNO3S/c1-5-16(15-8-6-12(2)10-13(15)3)20-24(21,22)18-11-14(19)7-9-17(18)23-4/h6-11,16,20H,5H2,1-4H3/t16-/m1/s1. The van der Waals surface area contributed by atoms with Crippen LogP contribution in [0.1, 0.15) is 36.1 Å². The lowest BCUT2D eigenvalue weighted by atomic mass is 9.98. The van der Waals surface area contributed by atoms with E-state index in [1.54, 1.807) is 12.1 Å². The topological polar surface area (TPSA) is 55.4 Å². The summed E-state index contributed by atoms with van der Waals surface area (Å²) in [7, 11) is -2.34. The summed E-state index contributed by atoms with van der Waals surface area (Å²) < 4.78 is 33.6. The van der Waals surface area contributed by atoms with Crippen LogP contribution in [0.2, 0.25) is 5.02 Å². The summed E-state index contributed by atoms with van der Waals surface area (Å²) in [6.45, 7) is 5.94. The van der Waals surface area contributed by atoms with Gasteiger partial charge in [-0.1, -0.05) is 42.3 Å². The van der Waals surface area contributed by atoms with Crippen LogP contribution < -0.4 is 9.46 Å². The van der Waals surface area contributed by atoms with Crippen LogP contribution in [0, 0.1) is 13.8 Å². The molecular formula is C18H22ClNO3S. The molecular weight excluding hydrogens is 346 g/mol. The molecule has 0 amide bonds. The van der Waals surface area contributed by atoms with Gasteiger partial charge in [-0.05, 0) is 49.6 Å². The van der Waals surface area contributed by atoms with Crippen LogP contribution in [0.5, 0.6) is 5.75 Å². The van der Waals surface area contributed by atoms with Crippen molar-refractivity contribution in [3.05, 3.63) is 58.1 Å². The zero-order chi connectivity index (χ0) is 17.9. The van der Waals surface area contributed by atoms with Crippen molar-refractivity contribution in [1.82, 2.24) is 4.72 Å². The molecule has 0 heterocycles. The zero-order valence-corrected chi connectivity index (χ0v) is 15.8. The fraction of sp³-hybridized carbons (Fsp3) is 0.333. The van der Waals surface area contributed by atoms with Gasteiger partial charge in [0.2, 0.25) is 10.0 Å². The first-order valence-corrected chi connectivity index (χ1v) is 9.57. The van der Waals surface area contributed by atoms with Gasteiger partial charge in [-0.15, -0.1) is 0 Å². The molecule has 0 aliphatic rings. The molecule has 6 heteroatoms. The third-order valence-corrected chi connectivity index (χ3v) is 5.65. The molecule has 1 N–H and O–H groups in total. The zero-order valence-electron chi connectivity index (χ0n) is 14.3. The van der Waals surface area contributed by atoms with Gasteiger partial charge < -0.3 is 4.74 Å². The summed E-state index contributed by atoms with van der Waals surface area (Å²) in [6, 6.07) is 10.2. The minimum Gasteiger partial charge on any atom is -0.495 e. The first kappa shape index (κ1) is 18.8. The molecule has 0 aliphatic heterocycles. The molecule has 0 saturated heterocycles. The van der Waals surface area contributed by atoms with Gasteiger partial charge in [0.1, 0.15) is 10.6 Å². The Balaban J connectivity index is 2.41. The van der Waals surface area contributed by atoms with E-state index >= 15 is 0 Å². The van der Waals surface area contributed by atoms with Crippen LogP contribution in [0.4, 0.5) is 0 Å². The molecule has 0 aliphatic carbocycles. The molecule has 0 fully saturated rings. The smallest absolute Gasteiger partial charge is 0.244 e. The lowest BCUT2D eigenvalue weighted by Gasteiger charge is -2.21. The van der Waals surface area contributed by atoms with E-state index < -0.39 is 10.0 Å². The molecule has 1 atom stereocenters. The number of aryl methyl sites for hydroxylation is 2. The second-order valence-electron chi connectivity index (χ2n) is 5.74. The molecule has 2 rings (SSSR count). The van der Waals surface area contributed by atoms with Crippen molar-refractivity contribution in [2.45, 2.75) is 38.1 Å². The highest BCUT2D eigenvalue weighted by Crippen LogP contribution is 2.30. The van der Waals surface area contributed by atoms with E-state index in [0.717, 1.165) is 16.7 Å². The molecule has 0 aromatic heterocycles. The number of hydrogen-bond acceptors (Lipinski definition) is 3. The fourth-order valence-electron chi connectivity index (χ4n) is 2.69. The Kier molecular flexibility index (Phi) is 5.91. The maximum Gasteiger partial charge on any atom is 0.244 e. The van der Waals surface area contributed by atoms with E-state index in [1.807, 2.05) is 39.0 Å². The van der Waals surface area contributed by atoms with Crippen LogP contribution in [-0.4, -0.2) is 15.5 Å². The summed E-state index contributed by atoms with van der Waals surface area (Å²) in [5, 5.41) is 0.343. The van der Waals surface area contributed by atoms with E-state index in [4.69, 9.17) is 16.3 Å². The Morgan fingerprint density at radius 3 is 2.46 bits per heavy atom. The van der Waals surface area contributed by atoms with Crippen LogP contribution in [0.3, 0.4) is 0 Å². The van der Waals surface area contributed by atoms with E-state index in [2.05, 4.69) is 4.72 Å². The van der Waals surface area contributed by atoms with Crippen molar-refractivity contribution in [3.63, 3.8) is 0 Å². The summed E-state index contributed by atoms with van der Waals surface area (Å²) in [6.07, 6.45) is 0.631. The van der Waals surface area contributed by atoms with Gasteiger partial charge in [0, 0.05) is 11.1 Å². The monoisotopic (exact) mass is 367 g/mol. The highest BCUT2D eigenvalue weighted by atomic mass is 35.5. The Hall–Kier alpha value is -1.56. The minimum atomic E-state index is -3.77. The highest BCUT2D eigenvalue weighted by molar-refractivity contribution is 7.89. The number of ether oxygens (including phenoxy) is 1. The third-order valence-electron chi connectivity index (χ3n) is 3.92. The minimum absolute atomic E-state index is 0.0423. The van der Waals surface area contributed by atoms with Crippen molar-refractivity contribution >= 4 is 21.6 Å². The van der Waals surface area contributed by atoms with Gasteiger partial charge in [-0.25, -0.2) is 13.1 Å². The normalized spacial score (nSPS) is 12.9. The maximum atomic E-state index is 12.8. The van der Waals surface area contributed by atoms with Crippen LogP contribution in [-0.2, 0) is 10.0 Å². The predicted octanol–water partition coefficient (Wildman–Crippen LogP) is 4.40. The number of methoxy groups -OCH3 is 1. The SMILES string of the molecule is CC[C@@H](NS(=O)(=O)c1cc(Cl)ccc1OC)c1ccc(C)cc1C. The Morgan fingerprint density at radius 2 is 1.88 bits per heavy atom. The number of halogens is 1. The third kappa shape index (κ3) is 4.09. The molecule has 24 heavy (non-hydrogen) atoms. The quantitative estimate of drug-likeness (QED) is 0.823. The molecule has 2 aromatic carbocycles. The van der Waals surface area contributed by atoms with E-state index in [9.17, 15) is 8.42 Å². The van der Waals surface area contributed by atoms with Crippen LogP contribution >= 0.6 is 11.6 Å². The molecule has 0 saturated carbocycles. The van der Waals surface area contributed by atoms with Crippen molar-refractivity contribution in [2.24, 2.45) is 0 Å².